The number of benzene rings is 1. The smallest absolute Gasteiger partial charge is 0.0364 e. The molecule has 0 amide bonds. The summed E-state index contributed by atoms with van der Waals surface area (Å²) in [5.41, 5.74) is 5.79. The molecule has 1 aromatic carbocycles. The molecule has 2 aromatic rings. The lowest BCUT2D eigenvalue weighted by atomic mass is 9.99. The van der Waals surface area contributed by atoms with Gasteiger partial charge in [0.15, 0.2) is 0 Å². The third kappa shape index (κ3) is 0.987. The van der Waals surface area contributed by atoms with Crippen LogP contribution in [0.4, 0.5) is 0 Å². The van der Waals surface area contributed by atoms with Gasteiger partial charge in [0.25, 0.3) is 0 Å². The van der Waals surface area contributed by atoms with Crippen LogP contribution in [0.15, 0.2) is 36.4 Å². The van der Waals surface area contributed by atoms with Gasteiger partial charge < -0.3 is 0 Å². The summed E-state index contributed by atoms with van der Waals surface area (Å²) in [5.74, 6) is 0. The molecule has 2 aliphatic carbocycles. The van der Waals surface area contributed by atoms with Gasteiger partial charge in [-0.2, -0.15) is 0 Å². The number of hydrogen-bond acceptors (Lipinski definition) is 1. The predicted octanol–water partition coefficient (Wildman–Crippen LogP) is 2.45. The van der Waals surface area contributed by atoms with Crippen LogP contribution in [0.2, 0.25) is 0 Å². The first-order valence-electron chi connectivity index (χ1n) is 5.53. The molecular weight excluding hydrogens is 212 g/mol. The van der Waals surface area contributed by atoms with Crippen LogP contribution in [-0.4, -0.2) is 0 Å². The monoisotopic (exact) mass is 222 g/mol. The van der Waals surface area contributed by atoms with Crippen LogP contribution < -0.4 is 9.06 Å². The molecule has 0 fully saturated rings. The Morgan fingerprint density at radius 3 is 3.00 bits per heavy atom. The van der Waals surface area contributed by atoms with Crippen molar-refractivity contribution < 1.29 is 0 Å². The molecule has 2 aliphatic rings. The van der Waals surface area contributed by atoms with E-state index in [0.717, 1.165) is 6.42 Å². The van der Waals surface area contributed by atoms with Crippen LogP contribution in [0, 0.1) is 0 Å². The Kier molecular flexibility index (Phi) is 1.58. The maximum absolute atomic E-state index is 2.32. The number of hydrogen-bond donors (Lipinski definition) is 0. The average Bonchev–Trinajstić information content (AvgIpc) is 2.83. The van der Waals surface area contributed by atoms with Crippen molar-refractivity contribution in [3.8, 4) is 11.1 Å². The second kappa shape index (κ2) is 2.96. The normalized spacial score (nSPS) is 14.8. The standard InChI is InChI=1S/C15H10S/c1-2-6-11-10(5-1)9-14-15(11)12-7-3-4-8-13(12)16-14/h1-6,8-9H,7H2. The first kappa shape index (κ1) is 8.54. The Morgan fingerprint density at radius 1 is 1.06 bits per heavy atom. The minimum atomic E-state index is 1.08. The van der Waals surface area contributed by atoms with E-state index in [9.17, 15) is 0 Å². The summed E-state index contributed by atoms with van der Waals surface area (Å²) >= 11 is 1.92. The van der Waals surface area contributed by atoms with Crippen LogP contribution in [-0.2, 0) is 6.42 Å². The zero-order chi connectivity index (χ0) is 10.5. The lowest BCUT2D eigenvalue weighted by Crippen LogP contribution is -2.04. The minimum Gasteiger partial charge on any atom is -0.135 e. The highest BCUT2D eigenvalue weighted by Gasteiger charge is 2.18. The summed E-state index contributed by atoms with van der Waals surface area (Å²) in [6, 6.07) is 8.69. The Bertz CT molecular complexity index is 729. The predicted molar refractivity (Wildman–Crippen MR) is 69.9 cm³/mol. The van der Waals surface area contributed by atoms with Gasteiger partial charge in [0, 0.05) is 14.6 Å². The van der Waals surface area contributed by atoms with E-state index >= 15 is 0 Å². The molecule has 0 N–H and O–H groups in total. The molecule has 4 rings (SSSR count). The molecule has 0 radical (unpaired) electrons. The Balaban J connectivity index is 2.15. The van der Waals surface area contributed by atoms with Crippen molar-refractivity contribution >= 4 is 23.5 Å². The van der Waals surface area contributed by atoms with Crippen molar-refractivity contribution in [3.63, 3.8) is 0 Å². The highest BCUT2D eigenvalue weighted by molar-refractivity contribution is 7.08. The van der Waals surface area contributed by atoms with Crippen LogP contribution in [0.5, 0.6) is 0 Å². The van der Waals surface area contributed by atoms with Gasteiger partial charge >= 0.3 is 0 Å². The average molecular weight is 222 g/mol. The summed E-state index contributed by atoms with van der Waals surface area (Å²) in [5, 5.41) is 0. The van der Waals surface area contributed by atoms with Gasteiger partial charge in [-0.25, -0.2) is 0 Å². The van der Waals surface area contributed by atoms with Gasteiger partial charge in [-0.3, -0.25) is 0 Å². The molecule has 1 heterocycles. The van der Waals surface area contributed by atoms with E-state index in [4.69, 9.17) is 0 Å². The van der Waals surface area contributed by atoms with Crippen LogP contribution in [0.3, 0.4) is 0 Å². The van der Waals surface area contributed by atoms with Crippen LogP contribution >= 0.6 is 11.3 Å². The molecule has 0 aliphatic heterocycles. The van der Waals surface area contributed by atoms with Crippen LogP contribution in [0.1, 0.15) is 11.1 Å². The highest BCUT2D eigenvalue weighted by Crippen LogP contribution is 2.30. The van der Waals surface area contributed by atoms with Gasteiger partial charge in [-0.05, 0) is 35.3 Å². The zero-order valence-corrected chi connectivity index (χ0v) is 9.55. The summed E-state index contributed by atoms with van der Waals surface area (Å²) < 4.78 is 2.88. The van der Waals surface area contributed by atoms with E-state index in [1.165, 1.54) is 31.3 Å². The summed E-state index contributed by atoms with van der Waals surface area (Å²) in [4.78, 5) is 0. The number of thiophene rings is 1. The largest absolute Gasteiger partial charge is 0.135 e. The maximum atomic E-state index is 2.32. The molecule has 0 spiro atoms. The third-order valence-electron chi connectivity index (χ3n) is 3.29. The second-order valence-electron chi connectivity index (χ2n) is 4.21. The fourth-order valence-corrected chi connectivity index (χ4v) is 3.78. The van der Waals surface area contributed by atoms with E-state index in [0.29, 0.717) is 0 Å². The molecule has 0 atom stereocenters. The number of rotatable bonds is 0. The van der Waals surface area contributed by atoms with Crippen LogP contribution in [0.25, 0.3) is 23.3 Å². The molecule has 1 aromatic heterocycles. The molecule has 0 unspecified atom stereocenters. The van der Waals surface area contributed by atoms with Crippen molar-refractivity contribution in [2.24, 2.45) is 0 Å². The van der Waals surface area contributed by atoms with Gasteiger partial charge in [-0.15, -0.1) is 11.3 Å². The number of allylic oxidation sites excluding steroid dienone is 2. The lowest BCUT2D eigenvalue weighted by Gasteiger charge is -2.04. The molecular formula is C15H10S. The highest BCUT2D eigenvalue weighted by atomic mass is 32.1. The summed E-state index contributed by atoms with van der Waals surface area (Å²) in [6.07, 6.45) is 10.1. The zero-order valence-electron chi connectivity index (χ0n) is 8.73. The first-order chi connectivity index (χ1) is 7.93. The quantitative estimate of drug-likeness (QED) is 0.548. The fourth-order valence-electron chi connectivity index (χ4n) is 2.57. The molecule has 0 saturated heterocycles. The Labute approximate surface area is 97.9 Å². The van der Waals surface area contributed by atoms with Crippen molar-refractivity contribution in [2.45, 2.75) is 6.42 Å². The Morgan fingerprint density at radius 2 is 2.00 bits per heavy atom. The molecule has 0 nitrogen and oxygen atoms in total. The van der Waals surface area contributed by atoms with Crippen molar-refractivity contribution in [3.05, 3.63) is 56.6 Å². The maximum Gasteiger partial charge on any atom is 0.0364 e. The second-order valence-corrected chi connectivity index (χ2v) is 5.30. The van der Waals surface area contributed by atoms with Gasteiger partial charge in [0.1, 0.15) is 0 Å². The van der Waals surface area contributed by atoms with E-state index < -0.39 is 0 Å². The lowest BCUT2D eigenvalue weighted by molar-refractivity contribution is 1.27. The van der Waals surface area contributed by atoms with E-state index in [2.05, 4.69) is 48.6 Å². The van der Waals surface area contributed by atoms with Crippen molar-refractivity contribution in [1.82, 2.24) is 0 Å². The van der Waals surface area contributed by atoms with Crippen molar-refractivity contribution in [2.75, 3.05) is 0 Å². The van der Waals surface area contributed by atoms with E-state index in [-0.39, 0.29) is 0 Å². The third-order valence-corrected chi connectivity index (χ3v) is 4.43. The van der Waals surface area contributed by atoms with Gasteiger partial charge in [-0.1, -0.05) is 36.4 Å². The van der Waals surface area contributed by atoms with Crippen molar-refractivity contribution in [1.29, 1.82) is 0 Å². The molecule has 0 bridgehead atoms. The molecule has 0 saturated carbocycles. The SMILES string of the molecule is C1=CCc2c3c(sc2=C1)=Cc1ccccc1-3. The summed E-state index contributed by atoms with van der Waals surface area (Å²) in [7, 11) is 0. The fraction of sp³-hybridized carbons (Fsp3) is 0.0667. The Hall–Kier alpha value is -1.60. The topological polar surface area (TPSA) is 0 Å². The molecule has 76 valence electrons. The number of fused-ring (bicyclic) bond motifs is 5. The minimum absolute atomic E-state index is 1.08. The van der Waals surface area contributed by atoms with E-state index in [1.807, 2.05) is 11.3 Å². The molecule has 1 heteroatoms. The first-order valence-corrected chi connectivity index (χ1v) is 6.35. The molecule has 16 heavy (non-hydrogen) atoms. The summed E-state index contributed by atoms with van der Waals surface area (Å²) in [6.45, 7) is 0. The van der Waals surface area contributed by atoms with Gasteiger partial charge in [0.05, 0.1) is 0 Å². The van der Waals surface area contributed by atoms with Gasteiger partial charge in [0.2, 0.25) is 0 Å². The van der Waals surface area contributed by atoms with E-state index in [1.54, 1.807) is 0 Å².